The van der Waals surface area contributed by atoms with E-state index in [-0.39, 0.29) is 5.91 Å². The number of likely N-dealkylation sites (tertiary alicyclic amines) is 1. The van der Waals surface area contributed by atoms with E-state index in [0.29, 0.717) is 0 Å². The quantitative estimate of drug-likeness (QED) is 0.719. The predicted octanol–water partition coefficient (Wildman–Crippen LogP) is 3.60. The lowest BCUT2D eigenvalue weighted by Gasteiger charge is -2.30. The van der Waals surface area contributed by atoms with Gasteiger partial charge in [-0.2, -0.15) is 0 Å². The van der Waals surface area contributed by atoms with E-state index in [2.05, 4.69) is 23.8 Å². The molecule has 0 aliphatic carbocycles. The molecule has 0 N–H and O–H groups in total. The number of fused-ring (bicyclic) bond motifs is 1. The van der Waals surface area contributed by atoms with Crippen LogP contribution in [-0.4, -0.2) is 38.4 Å². The molecule has 128 valence electrons. The van der Waals surface area contributed by atoms with Crippen LogP contribution in [0.15, 0.2) is 43.0 Å². The maximum atomic E-state index is 12.8. The summed E-state index contributed by atoms with van der Waals surface area (Å²) in [5, 5.41) is 1.09. The number of rotatable bonds is 2. The van der Waals surface area contributed by atoms with Crippen LogP contribution in [0.5, 0.6) is 0 Å². The number of aromatic nitrogens is 3. The molecule has 0 radical (unpaired) electrons. The molecule has 5 nitrogen and oxygen atoms in total. The van der Waals surface area contributed by atoms with Crippen molar-refractivity contribution in [3.8, 4) is 5.82 Å². The molecule has 0 unspecified atom stereocenters. The first kappa shape index (κ1) is 15.8. The van der Waals surface area contributed by atoms with Gasteiger partial charge in [0.1, 0.15) is 0 Å². The van der Waals surface area contributed by atoms with E-state index in [1.165, 1.54) is 0 Å². The summed E-state index contributed by atoms with van der Waals surface area (Å²) >= 11 is 0. The van der Waals surface area contributed by atoms with Gasteiger partial charge in [0.25, 0.3) is 5.91 Å². The van der Waals surface area contributed by atoms with Crippen LogP contribution >= 0.6 is 0 Å². The van der Waals surface area contributed by atoms with Gasteiger partial charge in [0.05, 0.1) is 11.7 Å². The first-order chi connectivity index (χ1) is 12.1. The minimum Gasteiger partial charge on any atom is -0.339 e. The Morgan fingerprint density at radius 3 is 2.72 bits per heavy atom. The van der Waals surface area contributed by atoms with Gasteiger partial charge < -0.3 is 4.90 Å². The average Bonchev–Trinajstić information content (AvgIpc) is 2.99. The smallest absolute Gasteiger partial charge is 0.253 e. The molecule has 0 atom stereocenters. The molecular weight excluding hydrogens is 312 g/mol. The molecule has 0 spiro atoms. The van der Waals surface area contributed by atoms with Crippen LogP contribution in [-0.2, 0) is 0 Å². The van der Waals surface area contributed by atoms with Gasteiger partial charge in [-0.25, -0.2) is 4.98 Å². The Balaban J connectivity index is 1.69. The molecule has 0 bridgehead atoms. The Morgan fingerprint density at radius 2 is 2.00 bits per heavy atom. The number of hydrogen-bond donors (Lipinski definition) is 0. The first-order valence-electron chi connectivity index (χ1n) is 8.81. The predicted molar refractivity (Wildman–Crippen MR) is 97.9 cm³/mol. The van der Waals surface area contributed by atoms with Crippen LogP contribution in [0.3, 0.4) is 0 Å². The second-order valence-electron chi connectivity index (χ2n) is 6.95. The number of nitrogens with zero attached hydrogens (tertiary/aromatic N) is 4. The topological polar surface area (TPSA) is 51.0 Å². The monoisotopic (exact) mass is 334 g/mol. The Bertz CT molecular complexity index is 908. The molecule has 25 heavy (non-hydrogen) atoms. The van der Waals surface area contributed by atoms with Gasteiger partial charge in [-0.15, -0.1) is 0 Å². The van der Waals surface area contributed by atoms with E-state index in [4.69, 9.17) is 0 Å². The van der Waals surface area contributed by atoms with Crippen LogP contribution in [0.1, 0.15) is 35.7 Å². The number of amides is 1. The third-order valence-corrected chi connectivity index (χ3v) is 5.12. The van der Waals surface area contributed by atoms with Crippen LogP contribution in [0.2, 0.25) is 0 Å². The first-order valence-corrected chi connectivity index (χ1v) is 8.81. The standard InChI is InChI=1S/C20H22N4O/c1-14-5-9-23(10-6-14)20(25)16-3-4-18-17(11-16)15(2)13-24(18)19-12-21-7-8-22-19/h3-4,7-8,11-14H,5-6,9-10H2,1-2H3. The van der Waals surface area contributed by atoms with Crippen molar-refractivity contribution in [3.05, 3.63) is 54.1 Å². The lowest BCUT2D eigenvalue weighted by molar-refractivity contribution is 0.0697. The molecule has 1 saturated heterocycles. The molecule has 1 aliphatic heterocycles. The van der Waals surface area contributed by atoms with Crippen LogP contribution in [0.25, 0.3) is 16.7 Å². The molecule has 0 saturated carbocycles. The van der Waals surface area contributed by atoms with Crippen LogP contribution in [0.4, 0.5) is 0 Å². The third-order valence-electron chi connectivity index (χ3n) is 5.12. The van der Waals surface area contributed by atoms with Crippen molar-refractivity contribution in [3.63, 3.8) is 0 Å². The summed E-state index contributed by atoms with van der Waals surface area (Å²) < 4.78 is 2.02. The molecule has 3 aromatic rings. The Kier molecular flexibility index (Phi) is 3.99. The van der Waals surface area contributed by atoms with Gasteiger partial charge >= 0.3 is 0 Å². The van der Waals surface area contributed by atoms with Gasteiger partial charge in [0, 0.05) is 42.6 Å². The van der Waals surface area contributed by atoms with Gasteiger partial charge in [0.15, 0.2) is 5.82 Å². The number of piperidine rings is 1. The fourth-order valence-corrected chi connectivity index (χ4v) is 3.53. The lowest BCUT2D eigenvalue weighted by Crippen LogP contribution is -2.37. The van der Waals surface area contributed by atoms with E-state index in [0.717, 1.165) is 59.7 Å². The number of aryl methyl sites for hydroxylation is 1. The zero-order valence-electron chi connectivity index (χ0n) is 14.6. The lowest BCUT2D eigenvalue weighted by atomic mass is 9.98. The second kappa shape index (κ2) is 6.31. The maximum absolute atomic E-state index is 12.8. The van der Waals surface area contributed by atoms with E-state index in [9.17, 15) is 4.79 Å². The summed E-state index contributed by atoms with van der Waals surface area (Å²) in [5.74, 6) is 1.64. The van der Waals surface area contributed by atoms with Crippen molar-refractivity contribution in [2.24, 2.45) is 5.92 Å². The van der Waals surface area contributed by atoms with Crippen molar-refractivity contribution < 1.29 is 4.79 Å². The highest BCUT2D eigenvalue weighted by Crippen LogP contribution is 2.26. The summed E-state index contributed by atoms with van der Waals surface area (Å²) in [6.07, 6.45) is 9.33. The minimum absolute atomic E-state index is 0.139. The highest BCUT2D eigenvalue weighted by molar-refractivity contribution is 5.99. The maximum Gasteiger partial charge on any atom is 0.253 e. The van der Waals surface area contributed by atoms with Crippen molar-refractivity contribution >= 4 is 16.8 Å². The Labute approximate surface area is 147 Å². The van der Waals surface area contributed by atoms with Gasteiger partial charge in [0.2, 0.25) is 0 Å². The molecule has 5 heteroatoms. The Hall–Kier alpha value is -2.69. The van der Waals surface area contributed by atoms with Crippen molar-refractivity contribution in [1.29, 1.82) is 0 Å². The molecular formula is C20H22N4O. The highest BCUT2D eigenvalue weighted by Gasteiger charge is 2.22. The SMILES string of the molecule is Cc1cn(-c2cnccn2)c2ccc(C(=O)N3CCC(C)CC3)cc12. The summed E-state index contributed by atoms with van der Waals surface area (Å²) in [4.78, 5) is 23.3. The van der Waals surface area contributed by atoms with Gasteiger partial charge in [-0.3, -0.25) is 14.3 Å². The van der Waals surface area contributed by atoms with Crippen molar-refractivity contribution in [2.75, 3.05) is 13.1 Å². The average molecular weight is 334 g/mol. The van der Waals surface area contributed by atoms with Crippen LogP contribution < -0.4 is 0 Å². The molecule has 1 amide bonds. The summed E-state index contributed by atoms with van der Waals surface area (Å²) in [7, 11) is 0. The van der Waals surface area contributed by atoms with E-state index in [1.807, 2.05) is 33.9 Å². The number of benzene rings is 1. The minimum atomic E-state index is 0.139. The second-order valence-corrected chi connectivity index (χ2v) is 6.95. The van der Waals surface area contributed by atoms with Crippen molar-refractivity contribution in [1.82, 2.24) is 19.4 Å². The fraction of sp³-hybridized carbons (Fsp3) is 0.350. The van der Waals surface area contributed by atoms with Crippen LogP contribution in [0, 0.1) is 12.8 Å². The van der Waals surface area contributed by atoms with E-state index < -0.39 is 0 Å². The molecule has 1 fully saturated rings. The molecule has 4 rings (SSSR count). The largest absolute Gasteiger partial charge is 0.339 e. The molecule has 2 aromatic heterocycles. The van der Waals surface area contributed by atoms with Gasteiger partial charge in [-0.05, 0) is 49.4 Å². The number of hydrogen-bond acceptors (Lipinski definition) is 3. The van der Waals surface area contributed by atoms with E-state index >= 15 is 0 Å². The van der Waals surface area contributed by atoms with E-state index in [1.54, 1.807) is 18.6 Å². The summed E-state index contributed by atoms with van der Waals surface area (Å²) in [5.41, 5.74) is 2.94. The molecule has 1 aliphatic rings. The number of carbonyl (C=O) groups excluding carboxylic acids is 1. The zero-order valence-corrected chi connectivity index (χ0v) is 14.6. The fourth-order valence-electron chi connectivity index (χ4n) is 3.53. The Morgan fingerprint density at radius 1 is 1.20 bits per heavy atom. The summed E-state index contributed by atoms with van der Waals surface area (Å²) in [6, 6.07) is 5.95. The normalized spacial score (nSPS) is 15.7. The third kappa shape index (κ3) is 2.90. The molecule has 1 aromatic carbocycles. The summed E-state index contributed by atoms with van der Waals surface area (Å²) in [6.45, 7) is 6.04. The van der Waals surface area contributed by atoms with Crippen molar-refractivity contribution in [2.45, 2.75) is 26.7 Å². The number of carbonyl (C=O) groups is 1. The molecule has 3 heterocycles. The van der Waals surface area contributed by atoms with Gasteiger partial charge in [-0.1, -0.05) is 6.92 Å². The zero-order chi connectivity index (χ0) is 17.4. The highest BCUT2D eigenvalue weighted by atomic mass is 16.2.